The fourth-order valence-corrected chi connectivity index (χ4v) is 3.05. The fraction of sp³-hybridized carbons (Fsp3) is 0.647. The van der Waals surface area contributed by atoms with Gasteiger partial charge in [0, 0.05) is 18.1 Å². The van der Waals surface area contributed by atoms with Crippen LogP contribution in [-0.4, -0.2) is 31.1 Å². The maximum Gasteiger partial charge on any atom is 0.0328 e. The Hall–Kier alpha value is -0.860. The average Bonchev–Trinajstić information content (AvgIpc) is 2.30. The highest BCUT2D eigenvalue weighted by Gasteiger charge is 2.38. The lowest BCUT2D eigenvalue weighted by molar-refractivity contribution is 0.0576. The van der Waals surface area contributed by atoms with E-state index in [1.165, 1.54) is 36.0 Å². The van der Waals surface area contributed by atoms with Gasteiger partial charge in [-0.25, -0.2) is 0 Å². The van der Waals surface area contributed by atoms with E-state index in [9.17, 15) is 0 Å². The third-order valence-electron chi connectivity index (χ3n) is 4.87. The normalized spacial score (nSPS) is 19.3. The summed E-state index contributed by atoms with van der Waals surface area (Å²) in [6.45, 7) is 7.75. The zero-order valence-electron chi connectivity index (χ0n) is 13.1. The van der Waals surface area contributed by atoms with Crippen LogP contribution in [0.5, 0.6) is 0 Å². The maximum absolute atomic E-state index is 3.75. The number of nitrogens with zero attached hydrogens (tertiary/aromatic N) is 1. The Bertz CT molecular complexity index is 433. The van der Waals surface area contributed by atoms with E-state index in [4.69, 9.17) is 0 Å². The van der Waals surface area contributed by atoms with Gasteiger partial charge in [0.05, 0.1) is 0 Å². The summed E-state index contributed by atoms with van der Waals surface area (Å²) in [6, 6.07) is 7.17. The highest BCUT2D eigenvalue weighted by molar-refractivity contribution is 5.32. The molecule has 2 nitrogen and oxygen atoms in total. The molecule has 1 N–H and O–H groups in total. The first-order valence-electron chi connectivity index (χ1n) is 7.42. The van der Waals surface area contributed by atoms with E-state index in [0.29, 0.717) is 11.6 Å². The second-order valence-corrected chi connectivity index (χ2v) is 6.43. The summed E-state index contributed by atoms with van der Waals surface area (Å²) in [6.07, 6.45) is 4.02. The first-order valence-corrected chi connectivity index (χ1v) is 7.42. The Morgan fingerprint density at radius 2 is 1.95 bits per heavy atom. The van der Waals surface area contributed by atoms with Gasteiger partial charge in [0.2, 0.25) is 0 Å². The summed E-state index contributed by atoms with van der Waals surface area (Å²) in [5.74, 6) is 0. The first kappa shape index (κ1) is 14.5. The molecular weight excluding hydrogens is 232 g/mol. The molecule has 1 saturated carbocycles. The zero-order valence-corrected chi connectivity index (χ0v) is 13.1. The lowest BCUT2D eigenvalue weighted by atomic mass is 9.75. The summed E-state index contributed by atoms with van der Waals surface area (Å²) in [5, 5.41) is 3.75. The first-order chi connectivity index (χ1) is 8.94. The molecule has 1 aromatic rings. The van der Waals surface area contributed by atoms with Crippen molar-refractivity contribution in [2.24, 2.45) is 0 Å². The smallest absolute Gasteiger partial charge is 0.0328 e. The third kappa shape index (κ3) is 3.01. The molecule has 2 heteroatoms. The maximum atomic E-state index is 3.75. The van der Waals surface area contributed by atoms with Gasteiger partial charge < -0.3 is 10.2 Å². The van der Waals surface area contributed by atoms with Gasteiger partial charge in [-0.15, -0.1) is 0 Å². The number of hydrogen-bond acceptors (Lipinski definition) is 2. The van der Waals surface area contributed by atoms with Crippen molar-refractivity contribution < 1.29 is 0 Å². The number of rotatable bonds is 5. The van der Waals surface area contributed by atoms with Gasteiger partial charge in [-0.1, -0.05) is 23.8 Å². The Morgan fingerprint density at radius 1 is 1.26 bits per heavy atom. The van der Waals surface area contributed by atoms with Crippen molar-refractivity contribution in [3.63, 3.8) is 0 Å². The van der Waals surface area contributed by atoms with E-state index in [1.807, 2.05) is 0 Å². The molecule has 0 amide bonds. The number of hydrogen-bond donors (Lipinski definition) is 1. The van der Waals surface area contributed by atoms with E-state index in [2.05, 4.69) is 63.3 Å². The van der Waals surface area contributed by atoms with Crippen molar-refractivity contribution in [2.75, 3.05) is 20.6 Å². The molecule has 2 rings (SSSR count). The van der Waals surface area contributed by atoms with Gasteiger partial charge in [0.1, 0.15) is 0 Å². The van der Waals surface area contributed by atoms with E-state index >= 15 is 0 Å². The molecule has 0 bridgehead atoms. The predicted octanol–water partition coefficient (Wildman–Crippen LogP) is 3.44. The van der Waals surface area contributed by atoms with E-state index in [-0.39, 0.29) is 0 Å². The molecule has 1 aliphatic carbocycles. The molecule has 0 spiro atoms. The summed E-state index contributed by atoms with van der Waals surface area (Å²) in [5.41, 5.74) is 4.57. The molecule has 1 aromatic carbocycles. The summed E-state index contributed by atoms with van der Waals surface area (Å²) in [7, 11) is 4.42. The Labute approximate surface area is 118 Å². The Kier molecular flexibility index (Phi) is 4.32. The largest absolute Gasteiger partial charge is 0.308 e. The summed E-state index contributed by atoms with van der Waals surface area (Å²) in [4.78, 5) is 2.40. The van der Waals surface area contributed by atoms with Gasteiger partial charge >= 0.3 is 0 Å². The second-order valence-electron chi connectivity index (χ2n) is 6.43. The van der Waals surface area contributed by atoms with Gasteiger partial charge in [0.15, 0.2) is 0 Å². The van der Waals surface area contributed by atoms with Crippen LogP contribution in [0.15, 0.2) is 18.2 Å². The minimum absolute atomic E-state index is 0.395. The molecule has 0 saturated heterocycles. The molecular formula is C17H28N2. The van der Waals surface area contributed by atoms with Crippen LogP contribution < -0.4 is 5.32 Å². The van der Waals surface area contributed by atoms with Crippen molar-refractivity contribution in [1.82, 2.24) is 10.2 Å². The molecule has 0 aliphatic heterocycles. The Morgan fingerprint density at radius 3 is 2.47 bits per heavy atom. The van der Waals surface area contributed by atoms with Crippen LogP contribution in [0, 0.1) is 13.8 Å². The lowest BCUT2D eigenvalue weighted by Gasteiger charge is -2.48. The van der Waals surface area contributed by atoms with Crippen LogP contribution in [0.1, 0.15) is 48.9 Å². The minimum atomic E-state index is 0.395. The van der Waals surface area contributed by atoms with Crippen LogP contribution in [0.3, 0.4) is 0 Å². The lowest BCUT2D eigenvalue weighted by Crippen LogP contribution is -2.56. The minimum Gasteiger partial charge on any atom is -0.308 e. The molecule has 1 unspecified atom stereocenters. The standard InChI is InChI=1S/C17H28N2/c1-13-7-8-14(2)16(11-13)15(3)18-12-17(19(4)5)9-6-10-17/h7-8,11,15,18H,6,9-10,12H2,1-5H3. The van der Waals surface area contributed by atoms with Crippen LogP contribution in [0.25, 0.3) is 0 Å². The van der Waals surface area contributed by atoms with Crippen LogP contribution in [0.2, 0.25) is 0 Å². The molecule has 0 heterocycles. The second kappa shape index (κ2) is 5.64. The molecule has 19 heavy (non-hydrogen) atoms. The molecule has 1 atom stereocenters. The molecule has 1 aliphatic rings. The van der Waals surface area contributed by atoms with E-state index in [1.54, 1.807) is 0 Å². The van der Waals surface area contributed by atoms with Crippen molar-refractivity contribution in [3.8, 4) is 0 Å². The Balaban J connectivity index is 2.01. The quantitative estimate of drug-likeness (QED) is 0.872. The van der Waals surface area contributed by atoms with Gasteiger partial charge in [-0.05, 0) is 65.3 Å². The number of likely N-dealkylation sites (N-methyl/N-ethyl adjacent to an activating group) is 1. The average molecular weight is 260 g/mol. The summed E-state index contributed by atoms with van der Waals surface area (Å²) < 4.78 is 0. The van der Waals surface area contributed by atoms with Crippen LogP contribution >= 0.6 is 0 Å². The topological polar surface area (TPSA) is 15.3 Å². The van der Waals surface area contributed by atoms with Crippen LogP contribution in [0.4, 0.5) is 0 Å². The number of nitrogens with one attached hydrogen (secondary N) is 1. The molecule has 0 radical (unpaired) electrons. The van der Waals surface area contributed by atoms with E-state index < -0.39 is 0 Å². The number of benzene rings is 1. The highest BCUT2D eigenvalue weighted by atomic mass is 15.2. The highest BCUT2D eigenvalue weighted by Crippen LogP contribution is 2.36. The molecule has 0 aromatic heterocycles. The fourth-order valence-electron chi connectivity index (χ4n) is 3.05. The van der Waals surface area contributed by atoms with Gasteiger partial charge in [-0.3, -0.25) is 0 Å². The van der Waals surface area contributed by atoms with Crippen molar-refractivity contribution in [2.45, 2.75) is 51.6 Å². The predicted molar refractivity (Wildman–Crippen MR) is 82.6 cm³/mol. The number of aryl methyl sites for hydroxylation is 2. The summed E-state index contributed by atoms with van der Waals surface area (Å²) >= 11 is 0. The SMILES string of the molecule is Cc1ccc(C)c(C(C)NCC2(N(C)C)CCC2)c1. The third-order valence-corrected chi connectivity index (χ3v) is 4.87. The van der Waals surface area contributed by atoms with Gasteiger partial charge in [-0.2, -0.15) is 0 Å². The van der Waals surface area contributed by atoms with Crippen molar-refractivity contribution in [1.29, 1.82) is 0 Å². The molecule has 1 fully saturated rings. The monoisotopic (exact) mass is 260 g/mol. The zero-order chi connectivity index (χ0) is 14.0. The van der Waals surface area contributed by atoms with Crippen molar-refractivity contribution >= 4 is 0 Å². The van der Waals surface area contributed by atoms with Crippen molar-refractivity contribution in [3.05, 3.63) is 34.9 Å². The van der Waals surface area contributed by atoms with E-state index in [0.717, 1.165) is 6.54 Å². The van der Waals surface area contributed by atoms with Crippen LogP contribution in [-0.2, 0) is 0 Å². The van der Waals surface area contributed by atoms with Gasteiger partial charge in [0.25, 0.3) is 0 Å². The molecule has 106 valence electrons.